The number of thiophene rings is 1. The lowest BCUT2D eigenvalue weighted by Crippen LogP contribution is -2.15. The molecule has 7 nitrogen and oxygen atoms in total. The molecule has 2 amide bonds. The first-order valence-corrected chi connectivity index (χ1v) is 9.18. The normalized spacial score (nSPS) is 10.6. The molecule has 0 saturated carbocycles. The van der Waals surface area contributed by atoms with E-state index in [4.69, 9.17) is 18.0 Å². The van der Waals surface area contributed by atoms with E-state index >= 15 is 0 Å². The van der Waals surface area contributed by atoms with Gasteiger partial charge in [-0.25, -0.2) is 0 Å². The highest BCUT2D eigenvalue weighted by Gasteiger charge is 2.11. The molecular weight excluding hydrogens is 370 g/mol. The number of amides is 2. The molecule has 0 aliphatic carbocycles. The number of nitrogens with one attached hydrogen (secondary N) is 2. The fourth-order valence-electron chi connectivity index (χ4n) is 2.46. The fraction of sp³-hybridized carbons (Fsp3) is 0.176. The largest absolute Gasteiger partial charge is 0.369 e. The molecule has 4 N–H and O–H groups in total. The van der Waals surface area contributed by atoms with E-state index in [0.29, 0.717) is 17.0 Å². The Labute approximate surface area is 158 Å². The number of benzene rings is 1. The molecule has 0 saturated heterocycles. The molecule has 1 aromatic carbocycles. The van der Waals surface area contributed by atoms with Gasteiger partial charge in [-0.15, -0.1) is 11.3 Å². The molecule has 0 bridgehead atoms. The van der Waals surface area contributed by atoms with Gasteiger partial charge in [-0.3, -0.25) is 19.3 Å². The topological polar surface area (TPSA) is 106 Å². The van der Waals surface area contributed by atoms with Crippen molar-refractivity contribution in [3.8, 4) is 10.7 Å². The zero-order valence-electron chi connectivity index (χ0n) is 13.8. The second-order valence-electron chi connectivity index (χ2n) is 5.62. The molecule has 0 unspecified atom stereocenters. The number of rotatable bonds is 7. The SMILES string of the molecule is NC(=O)Cc1ccc(NC(=O)CCn2c(-c3cccs3)n[nH]c2=S)cc1. The maximum absolute atomic E-state index is 12.2. The van der Waals surface area contributed by atoms with Gasteiger partial charge >= 0.3 is 0 Å². The minimum absolute atomic E-state index is 0.132. The van der Waals surface area contributed by atoms with E-state index in [0.717, 1.165) is 16.3 Å². The van der Waals surface area contributed by atoms with Gasteiger partial charge in [0, 0.05) is 18.7 Å². The maximum Gasteiger partial charge on any atom is 0.226 e. The first-order chi connectivity index (χ1) is 12.5. The zero-order chi connectivity index (χ0) is 18.5. The van der Waals surface area contributed by atoms with E-state index in [1.807, 2.05) is 22.1 Å². The van der Waals surface area contributed by atoms with E-state index in [1.54, 1.807) is 35.6 Å². The van der Waals surface area contributed by atoms with Crippen LogP contribution in [0.1, 0.15) is 12.0 Å². The van der Waals surface area contributed by atoms with E-state index in [9.17, 15) is 9.59 Å². The Bertz CT molecular complexity index is 958. The first-order valence-electron chi connectivity index (χ1n) is 7.89. The van der Waals surface area contributed by atoms with E-state index < -0.39 is 0 Å². The number of aromatic amines is 1. The Hall–Kier alpha value is -2.78. The lowest BCUT2D eigenvalue weighted by molar-refractivity contribution is -0.117. The van der Waals surface area contributed by atoms with Crippen LogP contribution in [0.4, 0.5) is 5.69 Å². The van der Waals surface area contributed by atoms with Crippen LogP contribution in [0.5, 0.6) is 0 Å². The summed E-state index contributed by atoms with van der Waals surface area (Å²) in [5.74, 6) is 0.210. The van der Waals surface area contributed by atoms with Gasteiger partial charge in [0.25, 0.3) is 0 Å². The number of carbonyl (C=O) groups is 2. The molecule has 2 heterocycles. The molecule has 134 valence electrons. The quantitative estimate of drug-likeness (QED) is 0.542. The van der Waals surface area contributed by atoms with Gasteiger partial charge in [0.2, 0.25) is 11.8 Å². The molecule has 0 fully saturated rings. The molecule has 3 rings (SSSR count). The second kappa shape index (κ2) is 8.07. The summed E-state index contributed by atoms with van der Waals surface area (Å²) in [5.41, 5.74) is 6.63. The van der Waals surface area contributed by atoms with Gasteiger partial charge in [0.1, 0.15) is 0 Å². The van der Waals surface area contributed by atoms with Gasteiger partial charge in [-0.1, -0.05) is 18.2 Å². The van der Waals surface area contributed by atoms with Crippen LogP contribution in [0.2, 0.25) is 0 Å². The molecule has 0 spiro atoms. The average molecular weight is 387 g/mol. The predicted octanol–water partition coefficient (Wildman–Crippen LogP) is 2.73. The minimum atomic E-state index is -0.389. The van der Waals surface area contributed by atoms with Crippen LogP contribution >= 0.6 is 23.6 Å². The molecule has 9 heteroatoms. The molecule has 0 radical (unpaired) electrons. The number of anilines is 1. The fourth-order valence-corrected chi connectivity index (χ4v) is 3.41. The van der Waals surface area contributed by atoms with Crippen LogP contribution < -0.4 is 11.1 Å². The number of primary amides is 1. The van der Waals surface area contributed by atoms with Gasteiger partial charge in [-0.2, -0.15) is 5.10 Å². The van der Waals surface area contributed by atoms with E-state index in [-0.39, 0.29) is 24.7 Å². The highest BCUT2D eigenvalue weighted by Crippen LogP contribution is 2.23. The average Bonchev–Trinajstić information content (AvgIpc) is 3.24. The van der Waals surface area contributed by atoms with Gasteiger partial charge in [0.15, 0.2) is 10.6 Å². The van der Waals surface area contributed by atoms with Crippen LogP contribution in [0.3, 0.4) is 0 Å². The van der Waals surface area contributed by atoms with Crippen LogP contribution in [0.15, 0.2) is 41.8 Å². The Morgan fingerprint density at radius 3 is 2.69 bits per heavy atom. The van der Waals surface area contributed by atoms with Crippen molar-refractivity contribution in [2.75, 3.05) is 5.32 Å². The molecular formula is C17H17N5O2S2. The molecule has 26 heavy (non-hydrogen) atoms. The number of carbonyl (C=O) groups excluding carboxylic acids is 2. The summed E-state index contributed by atoms with van der Waals surface area (Å²) in [4.78, 5) is 24.1. The van der Waals surface area contributed by atoms with Crippen molar-refractivity contribution in [2.24, 2.45) is 5.73 Å². The van der Waals surface area contributed by atoms with Crippen molar-refractivity contribution < 1.29 is 9.59 Å². The third kappa shape index (κ3) is 4.44. The lowest BCUT2D eigenvalue weighted by atomic mass is 10.1. The number of hydrogen-bond donors (Lipinski definition) is 3. The number of nitrogens with two attached hydrogens (primary N) is 1. The summed E-state index contributed by atoms with van der Waals surface area (Å²) >= 11 is 6.82. The third-order valence-electron chi connectivity index (χ3n) is 3.68. The zero-order valence-corrected chi connectivity index (χ0v) is 15.4. The van der Waals surface area contributed by atoms with Crippen molar-refractivity contribution >= 4 is 41.1 Å². The summed E-state index contributed by atoms with van der Waals surface area (Å²) < 4.78 is 2.30. The monoisotopic (exact) mass is 387 g/mol. The highest BCUT2D eigenvalue weighted by molar-refractivity contribution is 7.71. The lowest BCUT2D eigenvalue weighted by Gasteiger charge is -2.08. The van der Waals surface area contributed by atoms with Crippen molar-refractivity contribution in [3.63, 3.8) is 0 Å². The van der Waals surface area contributed by atoms with E-state index in [1.165, 1.54) is 0 Å². The summed E-state index contributed by atoms with van der Waals surface area (Å²) in [6, 6.07) is 10.9. The van der Waals surface area contributed by atoms with Gasteiger partial charge < -0.3 is 11.1 Å². The van der Waals surface area contributed by atoms with Crippen LogP contribution in [-0.4, -0.2) is 26.6 Å². The number of aromatic nitrogens is 3. The summed E-state index contributed by atoms with van der Waals surface area (Å²) in [6.07, 6.45) is 0.438. The van der Waals surface area contributed by atoms with Crippen molar-refractivity contribution in [3.05, 3.63) is 52.1 Å². The predicted molar refractivity (Wildman–Crippen MR) is 103 cm³/mol. The van der Waals surface area contributed by atoms with Crippen LogP contribution in [0.25, 0.3) is 10.7 Å². The van der Waals surface area contributed by atoms with Crippen LogP contribution in [0, 0.1) is 4.77 Å². The second-order valence-corrected chi connectivity index (χ2v) is 6.95. The van der Waals surface area contributed by atoms with Crippen LogP contribution in [-0.2, 0) is 22.6 Å². The summed E-state index contributed by atoms with van der Waals surface area (Å²) in [5, 5.41) is 11.8. The Kier molecular flexibility index (Phi) is 5.59. The first kappa shape index (κ1) is 18.0. The third-order valence-corrected chi connectivity index (χ3v) is 4.86. The molecule has 0 aliphatic heterocycles. The Morgan fingerprint density at radius 1 is 1.27 bits per heavy atom. The van der Waals surface area contributed by atoms with Crippen molar-refractivity contribution in [1.29, 1.82) is 0 Å². The minimum Gasteiger partial charge on any atom is -0.369 e. The molecule has 2 aromatic heterocycles. The van der Waals surface area contributed by atoms with Gasteiger partial charge in [0.05, 0.1) is 11.3 Å². The van der Waals surface area contributed by atoms with E-state index in [2.05, 4.69) is 15.5 Å². The summed E-state index contributed by atoms with van der Waals surface area (Å²) in [7, 11) is 0. The Morgan fingerprint density at radius 2 is 2.04 bits per heavy atom. The number of hydrogen-bond acceptors (Lipinski definition) is 5. The number of nitrogens with zero attached hydrogens (tertiary/aromatic N) is 2. The van der Waals surface area contributed by atoms with Gasteiger partial charge in [-0.05, 0) is 41.4 Å². The molecule has 0 aliphatic rings. The standard InChI is InChI=1S/C17H17N5O2S2/c18-14(23)10-11-3-5-12(6-4-11)19-15(24)7-8-22-16(20-21-17(22)25)13-2-1-9-26-13/h1-6,9H,7-8,10H2,(H2,18,23)(H,19,24)(H,21,25). The maximum atomic E-state index is 12.2. The Balaban J connectivity index is 1.61. The van der Waals surface area contributed by atoms with Crippen molar-refractivity contribution in [2.45, 2.75) is 19.4 Å². The summed E-state index contributed by atoms with van der Waals surface area (Å²) in [6.45, 7) is 0.425. The van der Waals surface area contributed by atoms with Crippen molar-refractivity contribution in [1.82, 2.24) is 14.8 Å². The number of H-pyrrole nitrogens is 1. The smallest absolute Gasteiger partial charge is 0.226 e. The molecule has 0 atom stereocenters. The highest BCUT2D eigenvalue weighted by atomic mass is 32.1. The molecule has 3 aromatic rings.